The lowest BCUT2D eigenvalue weighted by molar-refractivity contribution is -0.138. The van der Waals surface area contributed by atoms with E-state index < -0.39 is 11.2 Å². The molecule has 54 heavy (non-hydrogen) atoms. The minimum Gasteiger partial charge on any atom is -0.475 e. The van der Waals surface area contributed by atoms with Crippen LogP contribution in [0, 0.1) is 0 Å². The summed E-state index contributed by atoms with van der Waals surface area (Å²) in [5.41, 5.74) is 4.21. The number of carbonyl (C=O) groups is 2. The number of aromatic amines is 1. The first-order valence-electron chi connectivity index (χ1n) is 18.3. The number of hydrogen-bond donors (Lipinski definition) is 3. The number of nitrogens with one attached hydrogen (secondary N) is 2. The summed E-state index contributed by atoms with van der Waals surface area (Å²) in [6.07, 6.45) is 6.70. The average molecular weight is 734 g/mol. The maximum atomic E-state index is 13.7. The van der Waals surface area contributed by atoms with Gasteiger partial charge in [-0.1, -0.05) is 30.3 Å². The van der Waals surface area contributed by atoms with Gasteiger partial charge in [0.1, 0.15) is 12.0 Å². The number of methoxy groups -OCH3 is 1. The zero-order valence-electron chi connectivity index (χ0n) is 31.4. The van der Waals surface area contributed by atoms with Gasteiger partial charge >= 0.3 is 0 Å². The summed E-state index contributed by atoms with van der Waals surface area (Å²) in [5, 5.41) is 26.0. The number of pyridine rings is 1. The first kappa shape index (κ1) is 36.9. The van der Waals surface area contributed by atoms with Gasteiger partial charge in [-0.15, -0.1) is 0 Å². The van der Waals surface area contributed by atoms with E-state index in [1.807, 2.05) is 66.1 Å². The number of benzene rings is 2. The Balaban J connectivity index is 0.936. The van der Waals surface area contributed by atoms with Crippen molar-refractivity contribution in [3.05, 3.63) is 78.8 Å². The minimum atomic E-state index is -1.09. The molecule has 0 radical (unpaired) electrons. The van der Waals surface area contributed by atoms with Crippen LogP contribution < -0.4 is 10.1 Å². The lowest BCUT2D eigenvalue weighted by atomic mass is 9.98. The first-order chi connectivity index (χ1) is 25.9. The van der Waals surface area contributed by atoms with Gasteiger partial charge in [0.25, 0.3) is 5.91 Å². The molecular formula is C40H47N9O5. The molecule has 0 spiro atoms. The molecule has 1 atom stereocenters. The number of aliphatic hydroxyl groups is 1. The van der Waals surface area contributed by atoms with E-state index in [1.165, 1.54) is 5.57 Å². The summed E-state index contributed by atoms with van der Waals surface area (Å²) in [4.78, 5) is 39.8. The normalized spacial score (nSPS) is 18.0. The molecule has 14 nitrogen and oxygen atoms in total. The number of H-pyrrole nitrogens is 1. The van der Waals surface area contributed by atoms with Crippen molar-refractivity contribution >= 4 is 34.0 Å². The van der Waals surface area contributed by atoms with Crippen molar-refractivity contribution in [2.75, 3.05) is 45.2 Å². The predicted octanol–water partition coefficient (Wildman–Crippen LogP) is 4.79. The molecule has 7 rings (SSSR count). The van der Waals surface area contributed by atoms with E-state index in [9.17, 15) is 14.7 Å². The number of fused-ring (bicyclic) bond motifs is 1. The number of amides is 2. The monoisotopic (exact) mass is 733 g/mol. The maximum absolute atomic E-state index is 13.7. The van der Waals surface area contributed by atoms with Crippen LogP contribution in [-0.2, 0) is 20.9 Å². The number of rotatable bonds is 12. The van der Waals surface area contributed by atoms with Gasteiger partial charge in [0, 0.05) is 67.8 Å². The summed E-state index contributed by atoms with van der Waals surface area (Å²) in [6, 6.07) is 17.4. The lowest BCUT2D eigenvalue weighted by Crippen LogP contribution is -2.48. The van der Waals surface area contributed by atoms with Crippen molar-refractivity contribution in [2.24, 2.45) is 0 Å². The summed E-state index contributed by atoms with van der Waals surface area (Å²) in [6.45, 7) is 9.95. The Bertz CT molecular complexity index is 2150. The Morgan fingerprint density at radius 2 is 1.81 bits per heavy atom. The molecule has 0 aliphatic carbocycles. The molecule has 5 heterocycles. The van der Waals surface area contributed by atoms with Crippen molar-refractivity contribution in [1.29, 1.82) is 0 Å². The zero-order chi connectivity index (χ0) is 38.0. The Hall–Kier alpha value is -5.44. The Kier molecular flexibility index (Phi) is 10.3. The third-order valence-corrected chi connectivity index (χ3v) is 9.82. The second-order valence-corrected chi connectivity index (χ2v) is 15.0. The highest BCUT2D eigenvalue weighted by atomic mass is 16.5. The molecule has 3 N–H and O–H groups in total. The minimum absolute atomic E-state index is 0.0239. The second kappa shape index (κ2) is 15.1. The SMILES string of the molecule is CO[C@@]1(C(=O)Nc2ccc3[nH]nc(-c4ccc(OC(C)C)nc4)c3c2)CCN(CC(=O)N2CC=C(c3ccc(-c4ncn(CC(C)(C)O)n4)cc3)CC2)C1. The van der Waals surface area contributed by atoms with E-state index >= 15 is 0 Å². The fourth-order valence-electron chi connectivity index (χ4n) is 7.01. The molecule has 2 aliphatic heterocycles. The largest absolute Gasteiger partial charge is 0.475 e. The quantitative estimate of drug-likeness (QED) is 0.163. The summed E-state index contributed by atoms with van der Waals surface area (Å²) >= 11 is 0. The van der Waals surface area contributed by atoms with Gasteiger partial charge in [0.15, 0.2) is 11.4 Å². The smallest absolute Gasteiger partial charge is 0.258 e. The molecule has 282 valence electrons. The number of likely N-dealkylation sites (tertiary alicyclic amines) is 1. The van der Waals surface area contributed by atoms with Crippen LogP contribution in [0.3, 0.4) is 0 Å². The molecule has 2 aliphatic rings. The standard InChI is InChI=1S/C40H47N9O5/c1-26(2)54-34-13-10-30(21-41-34)36-32-20-31(11-12-33(32)44-45-36)43-38(51)40(53-5)16-19-47(24-40)22-35(50)48-17-14-28(15-18-48)27-6-8-29(9-7-27)37-42-25-49(46-37)23-39(3,4)52/h6-14,20-21,25-26,52H,15-19,22-24H2,1-5H3,(H,43,51)(H,44,45)/t40-/m0/s1. The fraction of sp³-hybridized carbons (Fsp3) is 0.400. The topological polar surface area (TPSA) is 164 Å². The second-order valence-electron chi connectivity index (χ2n) is 15.0. The number of carbonyl (C=O) groups excluding carboxylic acids is 2. The number of aromatic nitrogens is 6. The fourth-order valence-corrected chi connectivity index (χ4v) is 7.01. The van der Waals surface area contributed by atoms with Gasteiger partial charge in [0.2, 0.25) is 11.8 Å². The number of nitrogens with zero attached hydrogens (tertiary/aromatic N) is 7. The van der Waals surface area contributed by atoms with Crippen LogP contribution in [0.2, 0.25) is 0 Å². The zero-order valence-corrected chi connectivity index (χ0v) is 31.4. The van der Waals surface area contributed by atoms with E-state index in [0.717, 1.165) is 39.7 Å². The van der Waals surface area contributed by atoms with Gasteiger partial charge in [-0.25, -0.2) is 14.6 Å². The Morgan fingerprint density at radius 1 is 1.04 bits per heavy atom. The lowest BCUT2D eigenvalue weighted by Gasteiger charge is -2.30. The highest BCUT2D eigenvalue weighted by Gasteiger charge is 2.45. The molecule has 1 saturated heterocycles. The van der Waals surface area contributed by atoms with Crippen molar-refractivity contribution in [1.82, 2.24) is 39.7 Å². The van der Waals surface area contributed by atoms with Crippen LogP contribution in [0.15, 0.2) is 73.2 Å². The van der Waals surface area contributed by atoms with Crippen LogP contribution >= 0.6 is 0 Å². The van der Waals surface area contributed by atoms with Crippen LogP contribution in [0.25, 0.3) is 39.1 Å². The molecule has 0 unspecified atom stereocenters. The van der Waals surface area contributed by atoms with Gasteiger partial charge < -0.3 is 24.8 Å². The molecular weight excluding hydrogens is 686 g/mol. The first-order valence-corrected chi connectivity index (χ1v) is 18.3. The van der Waals surface area contributed by atoms with E-state index in [1.54, 1.807) is 38.2 Å². The van der Waals surface area contributed by atoms with E-state index in [4.69, 9.17) is 9.47 Å². The van der Waals surface area contributed by atoms with Gasteiger partial charge in [-0.3, -0.25) is 19.6 Å². The van der Waals surface area contributed by atoms with Crippen molar-refractivity contribution in [3.63, 3.8) is 0 Å². The summed E-state index contributed by atoms with van der Waals surface area (Å²) in [5.74, 6) is 0.922. The molecule has 0 saturated carbocycles. The van der Waals surface area contributed by atoms with Crippen molar-refractivity contribution < 1.29 is 24.2 Å². The number of ether oxygens (including phenoxy) is 2. The highest BCUT2D eigenvalue weighted by molar-refractivity contribution is 6.01. The average Bonchev–Trinajstić information content (AvgIpc) is 3.90. The summed E-state index contributed by atoms with van der Waals surface area (Å²) < 4.78 is 13.2. The van der Waals surface area contributed by atoms with Crippen LogP contribution in [0.4, 0.5) is 5.69 Å². The predicted molar refractivity (Wildman–Crippen MR) is 205 cm³/mol. The third kappa shape index (κ3) is 8.20. The Morgan fingerprint density at radius 3 is 2.50 bits per heavy atom. The molecule has 2 amide bonds. The van der Waals surface area contributed by atoms with Crippen molar-refractivity contribution in [3.8, 4) is 28.5 Å². The molecule has 0 bridgehead atoms. The molecule has 14 heteroatoms. The van der Waals surface area contributed by atoms with Crippen LogP contribution in [0.5, 0.6) is 5.88 Å². The van der Waals surface area contributed by atoms with Gasteiger partial charge in [-0.05, 0) is 75.9 Å². The van der Waals surface area contributed by atoms with Crippen LogP contribution in [-0.4, -0.2) is 114 Å². The maximum Gasteiger partial charge on any atom is 0.258 e. The van der Waals surface area contributed by atoms with Gasteiger partial charge in [-0.2, -0.15) is 10.2 Å². The van der Waals surface area contributed by atoms with Gasteiger partial charge in [0.05, 0.1) is 30.3 Å². The van der Waals surface area contributed by atoms with E-state index in [0.29, 0.717) is 56.5 Å². The number of anilines is 1. The molecule has 3 aromatic heterocycles. The number of hydrogen-bond acceptors (Lipinski definition) is 10. The molecule has 1 fully saturated rings. The highest BCUT2D eigenvalue weighted by Crippen LogP contribution is 2.32. The summed E-state index contributed by atoms with van der Waals surface area (Å²) in [7, 11) is 1.55. The Labute approximate surface area is 314 Å². The molecule has 2 aromatic carbocycles. The van der Waals surface area contributed by atoms with E-state index in [2.05, 4.69) is 48.8 Å². The van der Waals surface area contributed by atoms with Crippen molar-refractivity contribution in [2.45, 2.75) is 64.4 Å². The third-order valence-electron chi connectivity index (χ3n) is 9.82. The van der Waals surface area contributed by atoms with Crippen LogP contribution in [0.1, 0.15) is 46.1 Å². The molecule has 5 aromatic rings. The van der Waals surface area contributed by atoms with E-state index in [-0.39, 0.29) is 24.5 Å².